The van der Waals surface area contributed by atoms with Crippen LogP contribution in [-0.4, -0.2) is 39.5 Å². The van der Waals surface area contributed by atoms with Crippen molar-refractivity contribution < 1.29 is 22.4 Å². The average molecular weight is 405 g/mol. The molecule has 0 fully saturated rings. The van der Waals surface area contributed by atoms with Gasteiger partial charge in [-0.25, -0.2) is 0 Å². The third-order valence-corrected chi connectivity index (χ3v) is 3.98. The van der Waals surface area contributed by atoms with Crippen molar-refractivity contribution in [2.45, 2.75) is 26.5 Å². The van der Waals surface area contributed by atoms with Crippen LogP contribution in [0.5, 0.6) is 5.75 Å². The van der Waals surface area contributed by atoms with Gasteiger partial charge in [0.15, 0.2) is 5.69 Å². The summed E-state index contributed by atoms with van der Waals surface area (Å²) in [6.45, 7) is -1.92. The number of halogens is 2. The molecular formula is C19H20F2N6O2. The quantitative estimate of drug-likeness (QED) is 0.624. The fourth-order valence-corrected chi connectivity index (χ4v) is 2.57. The maximum absolute atomic E-state index is 13.1. The molecule has 0 bridgehead atoms. The molecule has 10 heteroatoms. The molecule has 29 heavy (non-hydrogen) atoms. The summed E-state index contributed by atoms with van der Waals surface area (Å²) >= 11 is 0. The van der Waals surface area contributed by atoms with Crippen LogP contribution in [0.4, 0.5) is 20.2 Å². The third kappa shape index (κ3) is 4.65. The van der Waals surface area contributed by atoms with Gasteiger partial charge in [0.25, 0.3) is 5.91 Å². The molecule has 2 N–H and O–H groups in total. The van der Waals surface area contributed by atoms with E-state index in [-0.39, 0.29) is 28.9 Å². The van der Waals surface area contributed by atoms with Crippen molar-refractivity contribution >= 4 is 17.3 Å². The zero-order valence-corrected chi connectivity index (χ0v) is 15.6. The van der Waals surface area contributed by atoms with Crippen molar-refractivity contribution in [3.8, 4) is 16.9 Å². The minimum absolute atomic E-state index is 0.0567. The summed E-state index contributed by atoms with van der Waals surface area (Å²) < 4.78 is 54.0. The van der Waals surface area contributed by atoms with Gasteiger partial charge in [-0.15, -0.1) is 5.10 Å². The second kappa shape index (κ2) is 8.63. The van der Waals surface area contributed by atoms with Crippen molar-refractivity contribution in [2.75, 3.05) is 12.3 Å². The Morgan fingerprint density at radius 2 is 2.07 bits per heavy atom. The summed E-state index contributed by atoms with van der Waals surface area (Å²) in [5.74, 6) is -1.19. The first-order valence-corrected chi connectivity index (χ1v) is 8.58. The van der Waals surface area contributed by atoms with Crippen molar-refractivity contribution in [1.29, 1.82) is 0 Å². The Labute approximate surface area is 170 Å². The fraction of sp³-hybridized carbons (Fsp3) is 0.263. The number of carbonyl (C=O) groups excluding carboxylic acids is 1. The smallest absolute Gasteiger partial charge is 0.387 e. The monoisotopic (exact) mass is 405 g/mol. The molecule has 1 aromatic carbocycles. The molecule has 0 aliphatic rings. The van der Waals surface area contributed by atoms with Crippen LogP contribution in [0.1, 0.15) is 34.5 Å². The molecule has 2 heterocycles. The minimum Gasteiger partial charge on any atom is -0.433 e. The first kappa shape index (κ1) is 16.4. The molecule has 0 unspecified atom stereocenters. The number of ether oxygens (including phenoxy) is 1. The average Bonchev–Trinajstić information content (AvgIpc) is 3.18. The lowest BCUT2D eigenvalue weighted by Gasteiger charge is -2.15. The van der Waals surface area contributed by atoms with Crippen LogP contribution in [0, 0.1) is 0 Å². The largest absolute Gasteiger partial charge is 0.433 e. The highest BCUT2D eigenvalue weighted by Gasteiger charge is 2.17. The Hall–Kier alpha value is -3.56. The summed E-state index contributed by atoms with van der Waals surface area (Å²) in [7, 11) is 0. The van der Waals surface area contributed by atoms with Gasteiger partial charge in [-0.2, -0.15) is 19.0 Å². The molecule has 1 amide bonds. The number of carbonyl (C=O) groups is 1. The van der Waals surface area contributed by atoms with Gasteiger partial charge in [0.2, 0.25) is 0 Å². The SMILES string of the molecule is [2H]C([2H])([2H])NC(=O)c1nnccc1Nc1ccc(-c2cnn(C(C)C)c2)cc1OC(F)F. The van der Waals surface area contributed by atoms with Crippen LogP contribution in [0.3, 0.4) is 0 Å². The van der Waals surface area contributed by atoms with E-state index in [4.69, 9.17) is 4.11 Å². The summed E-state index contributed by atoms with van der Waals surface area (Å²) in [6, 6.07) is 6.05. The van der Waals surface area contributed by atoms with E-state index in [2.05, 4.69) is 25.3 Å². The first-order chi connectivity index (χ1) is 15.0. The van der Waals surface area contributed by atoms with E-state index >= 15 is 0 Å². The van der Waals surface area contributed by atoms with Gasteiger partial charge >= 0.3 is 6.61 Å². The van der Waals surface area contributed by atoms with Gasteiger partial charge in [0, 0.05) is 28.9 Å². The molecule has 0 radical (unpaired) electrons. The molecule has 0 aliphatic heterocycles. The van der Waals surface area contributed by atoms with Crippen molar-refractivity contribution in [3.05, 3.63) is 48.5 Å². The van der Waals surface area contributed by atoms with E-state index in [0.717, 1.165) is 0 Å². The van der Waals surface area contributed by atoms with Gasteiger partial charge in [0.1, 0.15) is 5.75 Å². The minimum atomic E-state index is -3.10. The van der Waals surface area contributed by atoms with Crippen molar-refractivity contribution in [2.24, 2.45) is 0 Å². The number of nitrogens with zero attached hydrogens (tertiary/aromatic N) is 4. The highest BCUT2D eigenvalue weighted by molar-refractivity contribution is 5.98. The Balaban J connectivity index is 1.95. The van der Waals surface area contributed by atoms with Gasteiger partial charge in [-0.1, -0.05) is 6.07 Å². The predicted octanol–water partition coefficient (Wildman–Crippen LogP) is 3.63. The number of benzene rings is 1. The molecule has 2 aromatic heterocycles. The van der Waals surface area contributed by atoms with Gasteiger partial charge < -0.3 is 15.4 Å². The molecule has 0 saturated heterocycles. The standard InChI is InChI=1S/C19H20F2N6O2/c1-11(2)27-10-13(9-24-27)12-4-5-14(16(8-12)29-19(20)21)25-15-6-7-23-26-17(15)18(28)22-3/h4-11,19H,1-3H3,(H,22,28)(H,23,25)/i3D3. The molecule has 3 aromatic rings. The maximum atomic E-state index is 13.1. The molecule has 0 aliphatic carbocycles. The van der Waals surface area contributed by atoms with Crippen LogP contribution in [0.15, 0.2) is 42.9 Å². The Kier molecular flexibility index (Phi) is 4.88. The van der Waals surface area contributed by atoms with Crippen LogP contribution in [0.2, 0.25) is 0 Å². The molecule has 0 saturated carbocycles. The van der Waals surface area contributed by atoms with E-state index < -0.39 is 19.5 Å². The van der Waals surface area contributed by atoms with Crippen molar-refractivity contribution in [3.63, 3.8) is 0 Å². The zero-order chi connectivity index (χ0) is 23.5. The first-order valence-electron chi connectivity index (χ1n) is 10.1. The molecule has 8 nitrogen and oxygen atoms in total. The molecule has 0 atom stereocenters. The van der Waals surface area contributed by atoms with Gasteiger partial charge in [0.05, 0.1) is 23.8 Å². The van der Waals surface area contributed by atoms with Crippen LogP contribution < -0.4 is 15.4 Å². The second-order valence-electron chi connectivity index (χ2n) is 6.26. The molecule has 3 rings (SSSR count). The molecule has 0 spiro atoms. The normalized spacial score (nSPS) is 13.0. The number of nitrogens with one attached hydrogen (secondary N) is 2. The lowest BCUT2D eigenvalue weighted by atomic mass is 10.1. The van der Waals surface area contributed by atoms with E-state index in [1.807, 2.05) is 19.2 Å². The van der Waals surface area contributed by atoms with Crippen LogP contribution in [0.25, 0.3) is 11.1 Å². The topological polar surface area (TPSA) is 94.0 Å². The molecular weight excluding hydrogens is 382 g/mol. The zero-order valence-electron chi connectivity index (χ0n) is 18.6. The number of hydrogen-bond acceptors (Lipinski definition) is 6. The summed E-state index contributed by atoms with van der Waals surface area (Å²) in [6.07, 6.45) is 4.65. The number of hydrogen-bond donors (Lipinski definition) is 2. The van der Waals surface area contributed by atoms with Crippen LogP contribution in [-0.2, 0) is 0 Å². The Morgan fingerprint density at radius 1 is 1.24 bits per heavy atom. The van der Waals surface area contributed by atoms with E-state index in [1.54, 1.807) is 23.1 Å². The summed E-state index contributed by atoms with van der Waals surface area (Å²) in [5.41, 5.74) is 1.13. The predicted molar refractivity (Wildman–Crippen MR) is 103 cm³/mol. The van der Waals surface area contributed by atoms with E-state index in [1.165, 1.54) is 24.4 Å². The highest BCUT2D eigenvalue weighted by atomic mass is 19.3. The fourth-order valence-electron chi connectivity index (χ4n) is 2.57. The number of anilines is 2. The number of amides is 1. The Morgan fingerprint density at radius 3 is 2.76 bits per heavy atom. The number of rotatable bonds is 7. The number of aromatic nitrogens is 4. The highest BCUT2D eigenvalue weighted by Crippen LogP contribution is 2.34. The second-order valence-corrected chi connectivity index (χ2v) is 6.26. The molecule has 152 valence electrons. The number of alkyl halides is 2. The van der Waals surface area contributed by atoms with Crippen molar-refractivity contribution in [1.82, 2.24) is 25.3 Å². The van der Waals surface area contributed by atoms with E-state index in [0.29, 0.717) is 11.1 Å². The van der Waals surface area contributed by atoms with E-state index in [9.17, 15) is 13.6 Å². The maximum Gasteiger partial charge on any atom is 0.387 e. The lowest BCUT2D eigenvalue weighted by molar-refractivity contribution is -0.0493. The van der Waals surface area contributed by atoms with Gasteiger partial charge in [-0.05, 0) is 37.6 Å². The van der Waals surface area contributed by atoms with Gasteiger partial charge in [-0.3, -0.25) is 9.48 Å². The van der Waals surface area contributed by atoms with Crippen LogP contribution >= 0.6 is 0 Å². The summed E-state index contributed by atoms with van der Waals surface area (Å²) in [4.78, 5) is 12.3. The Bertz CT molecular complexity index is 1100. The lowest BCUT2D eigenvalue weighted by Crippen LogP contribution is -2.21. The third-order valence-electron chi connectivity index (χ3n) is 3.98. The summed E-state index contributed by atoms with van der Waals surface area (Å²) in [5, 5.41) is 16.1.